The zero-order chi connectivity index (χ0) is 19.8. The molecule has 0 amide bonds. The fraction of sp³-hybridized carbons (Fsp3) is 0.455. The molecule has 0 atom stereocenters. The van der Waals surface area contributed by atoms with Crippen LogP contribution in [0.15, 0.2) is 47.6 Å². The smallest absolute Gasteiger partial charge is 0.191 e. The van der Waals surface area contributed by atoms with E-state index >= 15 is 0 Å². The van der Waals surface area contributed by atoms with E-state index in [1.165, 1.54) is 18.9 Å². The Hall–Kier alpha value is -2.63. The van der Waals surface area contributed by atoms with Crippen molar-refractivity contribution in [2.75, 3.05) is 24.5 Å². The summed E-state index contributed by atoms with van der Waals surface area (Å²) in [5, 5.41) is 6.38. The molecule has 6 heteroatoms. The molecule has 0 aliphatic carbocycles. The van der Waals surface area contributed by atoms with Crippen LogP contribution in [0.5, 0.6) is 0 Å². The highest BCUT2D eigenvalue weighted by Crippen LogP contribution is 2.21. The van der Waals surface area contributed by atoms with Crippen LogP contribution >= 0.6 is 0 Å². The fourth-order valence-electron chi connectivity index (χ4n) is 3.27. The molecule has 1 fully saturated rings. The average Bonchev–Trinajstić information content (AvgIpc) is 2.72. The molecule has 3 rings (SSSR count). The third-order valence-electron chi connectivity index (χ3n) is 5.08. The average molecular weight is 384 g/mol. The standard InChI is InChI=1S/C22H30FN5/c1-3-24-22(27-16-19-6-4-5-7-20(19)23)26-15-18-8-9-21(25-14-18)28-12-10-17(2)11-13-28/h4-9,14,17H,3,10-13,15-16H2,1-2H3,(H2,24,26,27). The van der Waals surface area contributed by atoms with Crippen LogP contribution in [-0.2, 0) is 13.1 Å². The summed E-state index contributed by atoms with van der Waals surface area (Å²) in [5.41, 5.74) is 1.67. The highest BCUT2D eigenvalue weighted by Gasteiger charge is 2.16. The maximum Gasteiger partial charge on any atom is 0.191 e. The zero-order valence-electron chi connectivity index (χ0n) is 16.8. The lowest BCUT2D eigenvalue weighted by Gasteiger charge is -2.31. The van der Waals surface area contributed by atoms with Gasteiger partial charge in [0.15, 0.2) is 5.96 Å². The first-order valence-electron chi connectivity index (χ1n) is 10.1. The third-order valence-corrected chi connectivity index (χ3v) is 5.08. The van der Waals surface area contributed by atoms with Gasteiger partial charge in [0.05, 0.1) is 6.54 Å². The fourth-order valence-corrected chi connectivity index (χ4v) is 3.27. The van der Waals surface area contributed by atoms with Gasteiger partial charge in [-0.1, -0.05) is 31.2 Å². The maximum atomic E-state index is 13.8. The second-order valence-electron chi connectivity index (χ2n) is 7.33. The molecule has 0 bridgehead atoms. The van der Waals surface area contributed by atoms with Crippen molar-refractivity contribution in [2.24, 2.45) is 10.9 Å². The zero-order valence-corrected chi connectivity index (χ0v) is 16.8. The van der Waals surface area contributed by atoms with Crippen molar-refractivity contribution in [1.82, 2.24) is 15.6 Å². The van der Waals surface area contributed by atoms with Gasteiger partial charge in [-0.3, -0.25) is 0 Å². The van der Waals surface area contributed by atoms with Crippen LogP contribution < -0.4 is 15.5 Å². The van der Waals surface area contributed by atoms with Crippen molar-refractivity contribution >= 4 is 11.8 Å². The first kappa shape index (κ1) is 20.1. The normalized spacial score (nSPS) is 15.5. The predicted octanol–water partition coefficient (Wildman–Crippen LogP) is 3.71. The lowest BCUT2D eigenvalue weighted by atomic mass is 9.99. The number of benzene rings is 1. The summed E-state index contributed by atoms with van der Waals surface area (Å²) in [4.78, 5) is 11.6. The first-order valence-corrected chi connectivity index (χ1v) is 10.1. The Balaban J connectivity index is 1.57. The van der Waals surface area contributed by atoms with Crippen LogP contribution in [0.1, 0.15) is 37.8 Å². The molecule has 2 heterocycles. The van der Waals surface area contributed by atoms with E-state index in [1.807, 2.05) is 19.2 Å². The van der Waals surface area contributed by atoms with Gasteiger partial charge in [0.1, 0.15) is 11.6 Å². The first-order chi connectivity index (χ1) is 13.7. The van der Waals surface area contributed by atoms with E-state index < -0.39 is 0 Å². The molecule has 5 nitrogen and oxygen atoms in total. The van der Waals surface area contributed by atoms with Gasteiger partial charge in [-0.2, -0.15) is 0 Å². The Bertz CT molecular complexity index is 767. The molecule has 1 aliphatic heterocycles. The Morgan fingerprint density at radius 1 is 1.18 bits per heavy atom. The molecule has 1 aromatic heterocycles. The van der Waals surface area contributed by atoms with Gasteiger partial charge in [0.25, 0.3) is 0 Å². The van der Waals surface area contributed by atoms with Crippen LogP contribution in [-0.4, -0.2) is 30.6 Å². The van der Waals surface area contributed by atoms with Crippen LogP contribution in [0.2, 0.25) is 0 Å². The molecule has 2 aromatic rings. The molecule has 0 unspecified atom stereocenters. The minimum atomic E-state index is -0.210. The monoisotopic (exact) mass is 383 g/mol. The highest BCUT2D eigenvalue weighted by molar-refractivity contribution is 5.79. The van der Waals surface area contributed by atoms with E-state index in [4.69, 9.17) is 0 Å². The van der Waals surface area contributed by atoms with E-state index in [9.17, 15) is 4.39 Å². The quantitative estimate of drug-likeness (QED) is 0.590. The van der Waals surface area contributed by atoms with E-state index in [-0.39, 0.29) is 5.82 Å². The lowest BCUT2D eigenvalue weighted by molar-refractivity contribution is 0.436. The molecule has 150 valence electrons. The highest BCUT2D eigenvalue weighted by atomic mass is 19.1. The van der Waals surface area contributed by atoms with Gasteiger partial charge in [-0.15, -0.1) is 0 Å². The molecular weight excluding hydrogens is 353 g/mol. The summed E-state index contributed by atoms with van der Waals surface area (Å²) in [6.45, 7) is 8.14. The number of aliphatic imine (C=N–C) groups is 1. The molecule has 1 aromatic carbocycles. The van der Waals surface area contributed by atoms with Gasteiger partial charge in [0.2, 0.25) is 0 Å². The molecule has 0 radical (unpaired) electrons. The van der Waals surface area contributed by atoms with Crippen molar-refractivity contribution in [1.29, 1.82) is 0 Å². The summed E-state index contributed by atoms with van der Waals surface area (Å²) < 4.78 is 13.8. The van der Waals surface area contributed by atoms with Crippen molar-refractivity contribution in [2.45, 2.75) is 39.8 Å². The molecule has 28 heavy (non-hydrogen) atoms. The topological polar surface area (TPSA) is 52.6 Å². The number of aromatic nitrogens is 1. The number of nitrogens with one attached hydrogen (secondary N) is 2. The van der Waals surface area contributed by atoms with E-state index in [2.05, 4.69) is 44.6 Å². The number of piperidine rings is 1. The van der Waals surface area contributed by atoms with Gasteiger partial charge in [-0.25, -0.2) is 14.4 Å². The van der Waals surface area contributed by atoms with Crippen LogP contribution in [0, 0.1) is 11.7 Å². The lowest BCUT2D eigenvalue weighted by Crippen LogP contribution is -2.37. The summed E-state index contributed by atoms with van der Waals surface area (Å²) in [6.07, 6.45) is 4.36. The number of hydrogen-bond acceptors (Lipinski definition) is 3. The van der Waals surface area contributed by atoms with Crippen LogP contribution in [0.3, 0.4) is 0 Å². The number of hydrogen-bond donors (Lipinski definition) is 2. The van der Waals surface area contributed by atoms with E-state index in [0.29, 0.717) is 24.6 Å². The number of pyridine rings is 1. The number of guanidine groups is 1. The largest absolute Gasteiger partial charge is 0.357 e. The number of nitrogens with zero attached hydrogens (tertiary/aromatic N) is 3. The van der Waals surface area contributed by atoms with Gasteiger partial charge >= 0.3 is 0 Å². The Kier molecular flexibility index (Phi) is 7.23. The minimum absolute atomic E-state index is 0.210. The number of rotatable bonds is 6. The van der Waals surface area contributed by atoms with Crippen molar-refractivity contribution in [3.63, 3.8) is 0 Å². The number of anilines is 1. The summed E-state index contributed by atoms with van der Waals surface area (Å²) in [6, 6.07) is 10.9. The molecule has 1 saturated heterocycles. The van der Waals surface area contributed by atoms with Crippen molar-refractivity contribution < 1.29 is 4.39 Å². The maximum absolute atomic E-state index is 13.8. The Morgan fingerprint density at radius 2 is 1.96 bits per heavy atom. The second kappa shape index (κ2) is 10.1. The third kappa shape index (κ3) is 5.68. The van der Waals surface area contributed by atoms with Crippen LogP contribution in [0.4, 0.5) is 10.2 Å². The Labute approximate surface area is 167 Å². The SMILES string of the molecule is CCNC(=NCc1ccc(N2CCC(C)CC2)nc1)NCc1ccccc1F. The number of halogens is 1. The van der Waals surface area contributed by atoms with Gasteiger partial charge in [-0.05, 0) is 43.4 Å². The van der Waals surface area contributed by atoms with Crippen molar-refractivity contribution in [3.05, 3.63) is 59.5 Å². The van der Waals surface area contributed by atoms with Crippen molar-refractivity contribution in [3.8, 4) is 0 Å². The summed E-state index contributed by atoms with van der Waals surface area (Å²) >= 11 is 0. The Morgan fingerprint density at radius 3 is 2.64 bits per heavy atom. The predicted molar refractivity (Wildman–Crippen MR) is 113 cm³/mol. The molecular formula is C22H30FN5. The van der Waals surface area contributed by atoms with Crippen LogP contribution in [0.25, 0.3) is 0 Å². The minimum Gasteiger partial charge on any atom is -0.357 e. The summed E-state index contributed by atoms with van der Waals surface area (Å²) in [5.74, 6) is 2.31. The molecule has 2 N–H and O–H groups in total. The van der Waals surface area contributed by atoms with Gasteiger partial charge < -0.3 is 15.5 Å². The van der Waals surface area contributed by atoms with E-state index in [0.717, 1.165) is 36.9 Å². The second-order valence-corrected chi connectivity index (χ2v) is 7.33. The molecule has 1 aliphatic rings. The van der Waals surface area contributed by atoms with Gasteiger partial charge in [0, 0.05) is 37.9 Å². The summed E-state index contributed by atoms with van der Waals surface area (Å²) in [7, 11) is 0. The molecule has 0 spiro atoms. The van der Waals surface area contributed by atoms with E-state index in [1.54, 1.807) is 12.1 Å². The molecule has 0 saturated carbocycles.